The molecule has 0 bridgehead atoms. The molecule has 0 aliphatic heterocycles. The number of hydrogen-bond donors (Lipinski definition) is 1. The summed E-state index contributed by atoms with van der Waals surface area (Å²) >= 11 is 0. The van der Waals surface area contributed by atoms with Crippen LogP contribution in [0.4, 0.5) is 22.0 Å². The SMILES string of the molecule is NS(=O)(=O)c1c(F)cc(-c2coc(=O)n2-c2ccc(OC(F)(F)F)cc2)cc1F. The van der Waals surface area contributed by atoms with Crippen molar-refractivity contribution in [2.75, 3.05) is 0 Å². The third kappa shape index (κ3) is 4.30. The quantitative estimate of drug-likeness (QED) is 0.634. The van der Waals surface area contributed by atoms with Gasteiger partial charge in [-0.15, -0.1) is 13.2 Å². The van der Waals surface area contributed by atoms with E-state index in [2.05, 4.69) is 4.74 Å². The summed E-state index contributed by atoms with van der Waals surface area (Å²) in [6, 6.07) is 5.21. The molecule has 0 aliphatic rings. The molecule has 0 radical (unpaired) electrons. The maximum atomic E-state index is 14.1. The average molecular weight is 436 g/mol. The second-order valence-electron chi connectivity index (χ2n) is 5.58. The van der Waals surface area contributed by atoms with Gasteiger partial charge in [0.1, 0.15) is 23.6 Å². The van der Waals surface area contributed by atoms with Crippen LogP contribution in [0.2, 0.25) is 0 Å². The van der Waals surface area contributed by atoms with Crippen molar-refractivity contribution in [2.45, 2.75) is 11.3 Å². The minimum Gasteiger partial charge on any atom is -0.415 e. The lowest BCUT2D eigenvalue weighted by molar-refractivity contribution is -0.274. The number of primary sulfonamides is 1. The predicted octanol–water partition coefficient (Wildman–Crippen LogP) is 2.92. The van der Waals surface area contributed by atoms with Crippen molar-refractivity contribution in [2.24, 2.45) is 5.14 Å². The Balaban J connectivity index is 2.09. The molecular weight excluding hydrogens is 427 g/mol. The van der Waals surface area contributed by atoms with Crippen LogP contribution in [0.5, 0.6) is 5.75 Å². The first-order chi connectivity index (χ1) is 13.4. The number of sulfonamides is 1. The van der Waals surface area contributed by atoms with Crippen LogP contribution < -0.4 is 15.6 Å². The van der Waals surface area contributed by atoms with Crippen molar-refractivity contribution in [3.63, 3.8) is 0 Å². The predicted molar refractivity (Wildman–Crippen MR) is 87.7 cm³/mol. The van der Waals surface area contributed by atoms with E-state index in [-0.39, 0.29) is 16.9 Å². The Kier molecular flexibility index (Phi) is 4.96. The number of nitrogens with two attached hydrogens (primary N) is 1. The Morgan fingerprint density at radius 2 is 1.59 bits per heavy atom. The number of benzene rings is 2. The molecule has 0 aliphatic carbocycles. The second kappa shape index (κ2) is 7.00. The fourth-order valence-corrected chi connectivity index (χ4v) is 3.19. The zero-order chi connectivity index (χ0) is 21.6. The van der Waals surface area contributed by atoms with Crippen molar-refractivity contribution >= 4 is 10.0 Å². The van der Waals surface area contributed by atoms with Crippen molar-refractivity contribution in [3.8, 4) is 22.7 Å². The maximum Gasteiger partial charge on any atom is 0.573 e. The first kappa shape index (κ1) is 20.5. The lowest BCUT2D eigenvalue weighted by atomic mass is 10.1. The molecule has 3 rings (SSSR count). The normalized spacial score (nSPS) is 12.2. The second-order valence-corrected chi connectivity index (χ2v) is 7.08. The number of ether oxygens (including phenoxy) is 1. The summed E-state index contributed by atoms with van der Waals surface area (Å²) in [7, 11) is -4.69. The molecule has 13 heteroatoms. The zero-order valence-corrected chi connectivity index (χ0v) is 14.7. The van der Waals surface area contributed by atoms with Crippen molar-refractivity contribution in [1.82, 2.24) is 4.57 Å². The highest BCUT2D eigenvalue weighted by atomic mass is 32.2. The van der Waals surface area contributed by atoms with E-state index in [1.165, 1.54) is 0 Å². The molecule has 0 amide bonds. The standard InChI is InChI=1S/C16H9F5N2O5S/c17-11-5-8(6-12(18)14(11)29(22,25)26)13-7-27-15(24)23(13)9-1-3-10(4-2-9)28-16(19,20)21/h1-7H,(H2,22,25,26). The van der Waals surface area contributed by atoms with Gasteiger partial charge in [-0.3, -0.25) is 0 Å². The number of rotatable bonds is 4. The Morgan fingerprint density at radius 3 is 2.07 bits per heavy atom. The Hall–Kier alpha value is -3.19. The van der Waals surface area contributed by atoms with Crippen molar-refractivity contribution in [1.29, 1.82) is 0 Å². The number of aromatic nitrogens is 1. The van der Waals surface area contributed by atoms with Crippen LogP contribution >= 0.6 is 0 Å². The van der Waals surface area contributed by atoms with Crippen LogP contribution in [0.25, 0.3) is 16.9 Å². The fourth-order valence-electron chi connectivity index (χ4n) is 2.53. The van der Waals surface area contributed by atoms with Crippen LogP contribution in [0.15, 0.2) is 56.8 Å². The van der Waals surface area contributed by atoms with Gasteiger partial charge >= 0.3 is 12.1 Å². The van der Waals surface area contributed by atoms with E-state index in [9.17, 15) is 35.2 Å². The Bertz CT molecular complexity index is 1210. The highest BCUT2D eigenvalue weighted by Crippen LogP contribution is 2.29. The molecule has 0 unspecified atom stereocenters. The van der Waals surface area contributed by atoms with E-state index in [1.54, 1.807) is 0 Å². The van der Waals surface area contributed by atoms with E-state index >= 15 is 0 Å². The molecule has 3 aromatic rings. The number of hydrogen-bond acceptors (Lipinski definition) is 5. The smallest absolute Gasteiger partial charge is 0.415 e. The molecule has 1 aromatic heterocycles. The van der Waals surface area contributed by atoms with Gasteiger partial charge in [0.25, 0.3) is 0 Å². The zero-order valence-electron chi connectivity index (χ0n) is 13.9. The summed E-state index contributed by atoms with van der Waals surface area (Å²) in [6.45, 7) is 0. The first-order valence-corrected chi connectivity index (χ1v) is 9.00. The molecule has 0 saturated heterocycles. The van der Waals surface area contributed by atoms with Crippen LogP contribution in [-0.2, 0) is 10.0 Å². The molecule has 0 fully saturated rings. The van der Waals surface area contributed by atoms with Crippen molar-refractivity contribution in [3.05, 3.63) is 64.8 Å². The van der Waals surface area contributed by atoms with E-state index in [4.69, 9.17) is 9.56 Å². The molecule has 0 atom stereocenters. The number of nitrogens with zero attached hydrogens (tertiary/aromatic N) is 1. The third-order valence-corrected chi connectivity index (χ3v) is 4.56. The van der Waals surface area contributed by atoms with E-state index in [1.807, 2.05) is 0 Å². The number of oxazole rings is 1. The van der Waals surface area contributed by atoms with Gasteiger partial charge in [0.15, 0.2) is 4.90 Å². The van der Waals surface area contributed by atoms with Gasteiger partial charge < -0.3 is 9.15 Å². The molecular formula is C16H9F5N2O5S. The van der Waals surface area contributed by atoms with Gasteiger partial charge in [0.05, 0.1) is 11.4 Å². The summed E-state index contributed by atoms with van der Waals surface area (Å²) in [5.74, 6) is -4.58. The topological polar surface area (TPSA) is 105 Å². The van der Waals surface area contributed by atoms with Gasteiger partial charge in [0.2, 0.25) is 10.0 Å². The summed E-state index contributed by atoms with van der Waals surface area (Å²) in [6.07, 6.45) is -4.08. The van der Waals surface area contributed by atoms with Gasteiger partial charge in [-0.25, -0.2) is 31.7 Å². The summed E-state index contributed by atoms with van der Waals surface area (Å²) < 4.78 is 96.7. The Labute approximate surface area is 158 Å². The van der Waals surface area contributed by atoms with E-state index < -0.39 is 44.4 Å². The first-order valence-electron chi connectivity index (χ1n) is 7.46. The molecule has 0 spiro atoms. The monoisotopic (exact) mass is 436 g/mol. The van der Waals surface area contributed by atoms with Gasteiger partial charge in [-0.1, -0.05) is 0 Å². The van der Waals surface area contributed by atoms with Crippen LogP contribution in [0.1, 0.15) is 0 Å². The average Bonchev–Trinajstić information content (AvgIpc) is 2.94. The minimum absolute atomic E-state index is 0.00962. The van der Waals surface area contributed by atoms with Gasteiger partial charge in [0, 0.05) is 5.56 Å². The summed E-state index contributed by atoms with van der Waals surface area (Å²) in [5, 5.41) is 4.76. The van der Waals surface area contributed by atoms with Gasteiger partial charge in [-0.05, 0) is 36.4 Å². The van der Waals surface area contributed by atoms with Crippen LogP contribution in [0, 0.1) is 11.6 Å². The minimum atomic E-state index is -4.92. The molecule has 2 N–H and O–H groups in total. The fraction of sp³-hybridized carbons (Fsp3) is 0.0625. The largest absolute Gasteiger partial charge is 0.573 e. The molecule has 2 aromatic carbocycles. The number of halogens is 5. The number of alkyl halides is 3. The van der Waals surface area contributed by atoms with Crippen LogP contribution in [-0.4, -0.2) is 19.3 Å². The summed E-state index contributed by atoms with van der Waals surface area (Å²) in [5.41, 5.74) is -0.489. The molecule has 0 saturated carbocycles. The lowest BCUT2D eigenvalue weighted by Crippen LogP contribution is -2.17. The summed E-state index contributed by atoms with van der Waals surface area (Å²) in [4.78, 5) is 10.7. The Morgan fingerprint density at radius 1 is 1.03 bits per heavy atom. The highest BCUT2D eigenvalue weighted by Gasteiger charge is 2.31. The van der Waals surface area contributed by atoms with E-state index in [0.717, 1.165) is 35.1 Å². The molecule has 1 heterocycles. The van der Waals surface area contributed by atoms with Crippen molar-refractivity contribution < 1.29 is 39.5 Å². The highest BCUT2D eigenvalue weighted by molar-refractivity contribution is 7.89. The molecule has 154 valence electrons. The molecule has 7 nitrogen and oxygen atoms in total. The van der Waals surface area contributed by atoms with E-state index in [0.29, 0.717) is 12.1 Å². The lowest BCUT2D eigenvalue weighted by Gasteiger charge is -2.11. The third-order valence-electron chi connectivity index (χ3n) is 3.60. The molecule has 29 heavy (non-hydrogen) atoms. The van der Waals surface area contributed by atoms with Gasteiger partial charge in [-0.2, -0.15) is 0 Å². The van der Waals surface area contributed by atoms with Crippen LogP contribution in [0.3, 0.4) is 0 Å². The maximum absolute atomic E-state index is 14.1.